The van der Waals surface area contributed by atoms with Crippen LogP contribution in [-0.2, 0) is 6.54 Å². The van der Waals surface area contributed by atoms with Gasteiger partial charge in [0.05, 0.1) is 0 Å². The summed E-state index contributed by atoms with van der Waals surface area (Å²) in [5.41, 5.74) is 9.70. The van der Waals surface area contributed by atoms with Crippen LogP contribution < -0.4 is 11.2 Å². The first-order valence-corrected chi connectivity index (χ1v) is 6.08. The second kappa shape index (κ2) is 5.90. The number of nitrogens with zero attached hydrogens (tertiary/aromatic N) is 3. The summed E-state index contributed by atoms with van der Waals surface area (Å²) in [5.74, 6) is -0.164. The Morgan fingerprint density at radius 2 is 2.11 bits per heavy atom. The molecule has 2 rings (SSSR count). The molecule has 6 heteroatoms. The van der Waals surface area contributed by atoms with Gasteiger partial charge in [0, 0.05) is 38.9 Å². The zero-order valence-corrected chi connectivity index (χ0v) is 10.6. The highest BCUT2D eigenvalue weighted by atomic mass is 16.2. The Hall–Kier alpha value is -1.50. The van der Waals surface area contributed by atoms with Crippen LogP contribution in [0, 0.1) is 0 Å². The minimum atomic E-state index is -0.164. The molecule has 1 aromatic rings. The molecule has 1 aromatic heterocycles. The van der Waals surface area contributed by atoms with E-state index in [0.717, 1.165) is 31.7 Å². The van der Waals surface area contributed by atoms with Gasteiger partial charge in [-0.3, -0.25) is 15.2 Å². The van der Waals surface area contributed by atoms with Crippen LogP contribution in [0.15, 0.2) is 18.3 Å². The van der Waals surface area contributed by atoms with Gasteiger partial charge in [-0.1, -0.05) is 6.07 Å². The van der Waals surface area contributed by atoms with E-state index < -0.39 is 0 Å². The van der Waals surface area contributed by atoms with E-state index in [1.165, 1.54) is 0 Å². The average molecular weight is 249 g/mol. The quantitative estimate of drug-likeness (QED) is 0.750. The molecule has 1 aliphatic heterocycles. The van der Waals surface area contributed by atoms with Gasteiger partial charge in [-0.15, -0.1) is 0 Å². The first-order valence-electron chi connectivity index (χ1n) is 6.08. The third-order valence-corrected chi connectivity index (χ3v) is 3.06. The lowest BCUT2D eigenvalue weighted by atomic mass is 10.2. The summed E-state index contributed by atoms with van der Waals surface area (Å²) in [4.78, 5) is 18.3. The smallest absolute Gasteiger partial charge is 0.284 e. The molecule has 1 fully saturated rings. The van der Waals surface area contributed by atoms with E-state index in [0.29, 0.717) is 12.2 Å². The fourth-order valence-corrected chi connectivity index (χ4v) is 1.80. The molecular formula is C12H19N5O. The van der Waals surface area contributed by atoms with E-state index in [-0.39, 0.29) is 5.91 Å². The molecular weight excluding hydrogens is 230 g/mol. The number of piperazine rings is 1. The molecule has 0 atom stereocenters. The fourth-order valence-electron chi connectivity index (χ4n) is 1.80. The minimum Gasteiger partial charge on any atom is -0.326 e. The van der Waals surface area contributed by atoms with Crippen molar-refractivity contribution in [1.29, 1.82) is 0 Å². The molecule has 0 radical (unpaired) electrons. The number of hydrazine groups is 1. The van der Waals surface area contributed by atoms with Gasteiger partial charge in [-0.2, -0.15) is 0 Å². The van der Waals surface area contributed by atoms with E-state index in [1.807, 2.05) is 11.1 Å². The molecule has 0 saturated carbocycles. The fraction of sp³-hybridized carbons (Fsp3) is 0.500. The van der Waals surface area contributed by atoms with Gasteiger partial charge in [0.2, 0.25) is 0 Å². The van der Waals surface area contributed by atoms with Crippen molar-refractivity contribution in [2.24, 2.45) is 5.73 Å². The number of pyridine rings is 1. The molecule has 0 spiro atoms. The molecule has 0 aromatic carbocycles. The number of amides is 1. The molecule has 2 heterocycles. The molecule has 6 nitrogen and oxygen atoms in total. The van der Waals surface area contributed by atoms with Gasteiger partial charge < -0.3 is 10.6 Å². The van der Waals surface area contributed by atoms with Crippen molar-refractivity contribution in [2.45, 2.75) is 6.54 Å². The second-order valence-corrected chi connectivity index (χ2v) is 4.49. The lowest BCUT2D eigenvalue weighted by Crippen LogP contribution is -2.52. The molecule has 1 amide bonds. The summed E-state index contributed by atoms with van der Waals surface area (Å²) >= 11 is 0. The van der Waals surface area contributed by atoms with Crippen LogP contribution in [0.4, 0.5) is 0 Å². The number of hydrogen-bond donors (Lipinski definition) is 2. The lowest BCUT2D eigenvalue weighted by molar-refractivity contribution is 0.0657. The van der Waals surface area contributed by atoms with Crippen molar-refractivity contribution in [3.8, 4) is 0 Å². The molecule has 3 N–H and O–H groups in total. The summed E-state index contributed by atoms with van der Waals surface area (Å²) in [7, 11) is 2.08. The second-order valence-electron chi connectivity index (χ2n) is 4.49. The van der Waals surface area contributed by atoms with Crippen LogP contribution in [0.5, 0.6) is 0 Å². The van der Waals surface area contributed by atoms with Crippen molar-refractivity contribution >= 4 is 5.91 Å². The van der Waals surface area contributed by atoms with Crippen molar-refractivity contribution in [1.82, 2.24) is 20.3 Å². The Labute approximate surface area is 107 Å². The Kier molecular flexibility index (Phi) is 4.24. The highest BCUT2D eigenvalue weighted by Crippen LogP contribution is 2.01. The molecule has 0 aliphatic carbocycles. The number of likely N-dealkylation sites (N-methyl/N-ethyl adjacent to an activating group) is 1. The summed E-state index contributed by atoms with van der Waals surface area (Å²) in [6, 6.07) is 3.53. The zero-order chi connectivity index (χ0) is 13.0. The lowest BCUT2D eigenvalue weighted by Gasteiger charge is -2.32. The third kappa shape index (κ3) is 3.25. The van der Waals surface area contributed by atoms with Gasteiger partial charge in [-0.05, 0) is 18.7 Å². The van der Waals surface area contributed by atoms with Crippen LogP contribution >= 0.6 is 0 Å². The monoisotopic (exact) mass is 249 g/mol. The number of hydrogen-bond acceptors (Lipinski definition) is 5. The van der Waals surface area contributed by atoms with Crippen LogP contribution in [0.1, 0.15) is 16.1 Å². The van der Waals surface area contributed by atoms with Gasteiger partial charge in [0.25, 0.3) is 5.91 Å². The van der Waals surface area contributed by atoms with Gasteiger partial charge in [0.15, 0.2) is 0 Å². The van der Waals surface area contributed by atoms with Gasteiger partial charge in [0.1, 0.15) is 5.69 Å². The van der Waals surface area contributed by atoms with Crippen molar-refractivity contribution in [2.75, 3.05) is 33.2 Å². The molecule has 1 aliphatic rings. The van der Waals surface area contributed by atoms with E-state index in [9.17, 15) is 4.79 Å². The molecule has 0 unspecified atom stereocenters. The summed E-state index contributed by atoms with van der Waals surface area (Å²) in [6.07, 6.45) is 1.64. The molecule has 1 saturated heterocycles. The maximum absolute atomic E-state index is 11.9. The van der Waals surface area contributed by atoms with E-state index in [2.05, 4.69) is 22.4 Å². The topological polar surface area (TPSA) is 74.5 Å². The molecule has 98 valence electrons. The summed E-state index contributed by atoms with van der Waals surface area (Å²) in [6.45, 7) is 4.03. The van der Waals surface area contributed by atoms with Crippen molar-refractivity contribution in [3.63, 3.8) is 0 Å². The Bertz CT molecular complexity index is 397. The Balaban J connectivity index is 1.90. The highest BCUT2D eigenvalue weighted by molar-refractivity contribution is 5.91. The minimum absolute atomic E-state index is 0.164. The standard InChI is InChI=1S/C12H19N5O/c1-16-4-6-17(7-5-16)15-12(18)11-3-2-10(8-13)9-14-11/h2-3,9H,4-8,13H2,1H3,(H,15,18). The largest absolute Gasteiger partial charge is 0.326 e. The predicted molar refractivity (Wildman–Crippen MR) is 68.7 cm³/mol. The highest BCUT2D eigenvalue weighted by Gasteiger charge is 2.16. The first kappa shape index (κ1) is 12.9. The number of carbonyl (C=O) groups excluding carboxylic acids is 1. The summed E-state index contributed by atoms with van der Waals surface area (Å²) < 4.78 is 0. The van der Waals surface area contributed by atoms with E-state index in [1.54, 1.807) is 12.3 Å². The maximum Gasteiger partial charge on any atom is 0.284 e. The average Bonchev–Trinajstić information content (AvgIpc) is 2.41. The van der Waals surface area contributed by atoms with E-state index >= 15 is 0 Å². The van der Waals surface area contributed by atoms with Crippen LogP contribution in [0.3, 0.4) is 0 Å². The van der Waals surface area contributed by atoms with Gasteiger partial charge >= 0.3 is 0 Å². The number of nitrogens with one attached hydrogen (secondary N) is 1. The summed E-state index contributed by atoms with van der Waals surface area (Å²) in [5, 5.41) is 1.93. The van der Waals surface area contributed by atoms with Crippen molar-refractivity contribution in [3.05, 3.63) is 29.6 Å². The number of nitrogens with two attached hydrogens (primary N) is 1. The normalized spacial score (nSPS) is 17.7. The number of aromatic nitrogens is 1. The predicted octanol–water partition coefficient (Wildman–Crippen LogP) is -0.567. The maximum atomic E-state index is 11.9. The molecule has 0 bridgehead atoms. The van der Waals surface area contributed by atoms with E-state index in [4.69, 9.17) is 5.73 Å². The first-order chi connectivity index (χ1) is 8.69. The van der Waals surface area contributed by atoms with Crippen LogP contribution in [-0.4, -0.2) is 54.0 Å². The number of carbonyl (C=O) groups is 1. The zero-order valence-electron chi connectivity index (χ0n) is 10.6. The van der Waals surface area contributed by atoms with Crippen LogP contribution in [0.2, 0.25) is 0 Å². The third-order valence-electron chi connectivity index (χ3n) is 3.06. The Morgan fingerprint density at radius 3 is 2.67 bits per heavy atom. The van der Waals surface area contributed by atoms with Crippen molar-refractivity contribution < 1.29 is 4.79 Å². The molecule has 18 heavy (non-hydrogen) atoms. The SMILES string of the molecule is CN1CCN(NC(=O)c2ccc(CN)cn2)CC1. The number of rotatable bonds is 3. The Morgan fingerprint density at radius 1 is 1.39 bits per heavy atom. The van der Waals surface area contributed by atoms with Gasteiger partial charge in [-0.25, -0.2) is 5.01 Å². The van der Waals surface area contributed by atoms with Crippen LogP contribution in [0.25, 0.3) is 0 Å².